The fraction of sp³-hybridized carbons (Fsp3) is 0.250. The molecular formula is C28H25N5O4. The third kappa shape index (κ3) is 3.74. The molecule has 3 aliphatic rings. The fourth-order valence-electron chi connectivity index (χ4n) is 4.97. The van der Waals surface area contributed by atoms with E-state index in [0.29, 0.717) is 35.6 Å². The Hall–Kier alpha value is -4.53. The number of anilines is 1. The Labute approximate surface area is 213 Å². The van der Waals surface area contributed by atoms with Gasteiger partial charge in [0.1, 0.15) is 11.7 Å². The maximum Gasteiger partial charge on any atom is 0.329 e. The van der Waals surface area contributed by atoms with Crippen LogP contribution >= 0.6 is 0 Å². The van der Waals surface area contributed by atoms with Crippen molar-refractivity contribution in [2.45, 2.75) is 33.2 Å². The Bertz CT molecular complexity index is 1590. The normalized spacial score (nSPS) is 18.7. The highest BCUT2D eigenvalue weighted by atomic mass is 16.5. The van der Waals surface area contributed by atoms with Crippen LogP contribution in [0.3, 0.4) is 0 Å². The van der Waals surface area contributed by atoms with Crippen LogP contribution < -0.4 is 10.2 Å². The van der Waals surface area contributed by atoms with Gasteiger partial charge in [-0.3, -0.25) is 24.3 Å². The van der Waals surface area contributed by atoms with E-state index in [-0.39, 0.29) is 22.5 Å². The number of rotatable bonds is 4. The van der Waals surface area contributed by atoms with Gasteiger partial charge in [-0.25, -0.2) is 9.78 Å². The number of aromatic nitrogens is 2. The van der Waals surface area contributed by atoms with Crippen LogP contribution in [-0.4, -0.2) is 45.5 Å². The molecule has 9 heteroatoms. The van der Waals surface area contributed by atoms with Gasteiger partial charge in [0.15, 0.2) is 0 Å². The van der Waals surface area contributed by atoms with Gasteiger partial charge in [-0.05, 0) is 23.1 Å². The van der Waals surface area contributed by atoms with Gasteiger partial charge < -0.3 is 9.64 Å². The SMILES string of the molecule is CC(C)(C)COC(=O)C1Cc2cccc3c2N1C=CN=C3C1=C(c2cnc3ccccn23)C(=O)NC1=O. The van der Waals surface area contributed by atoms with E-state index in [1.54, 1.807) is 29.2 Å². The predicted molar refractivity (Wildman–Crippen MR) is 138 cm³/mol. The zero-order valence-electron chi connectivity index (χ0n) is 20.7. The lowest BCUT2D eigenvalue weighted by Gasteiger charge is -2.25. The summed E-state index contributed by atoms with van der Waals surface area (Å²) in [6.45, 7) is 6.34. The summed E-state index contributed by atoms with van der Waals surface area (Å²) in [4.78, 5) is 50.2. The second-order valence-corrected chi connectivity index (χ2v) is 10.5. The van der Waals surface area contributed by atoms with Crippen LogP contribution in [0.15, 0.2) is 71.8 Å². The second kappa shape index (κ2) is 8.26. The fourth-order valence-corrected chi connectivity index (χ4v) is 4.97. The van der Waals surface area contributed by atoms with E-state index in [1.165, 1.54) is 0 Å². The first-order valence-corrected chi connectivity index (χ1v) is 12.1. The molecule has 5 heterocycles. The number of imide groups is 1. The minimum atomic E-state index is -0.546. The Morgan fingerprint density at radius 2 is 1.92 bits per heavy atom. The molecule has 0 aliphatic carbocycles. The maximum atomic E-state index is 13.2. The van der Waals surface area contributed by atoms with Gasteiger partial charge in [0.05, 0.1) is 41.0 Å². The number of nitrogens with one attached hydrogen (secondary N) is 1. The zero-order valence-corrected chi connectivity index (χ0v) is 20.7. The molecule has 1 atom stereocenters. The smallest absolute Gasteiger partial charge is 0.329 e. The molecule has 0 bridgehead atoms. The number of amides is 2. The number of hydrogen-bond acceptors (Lipinski definition) is 7. The van der Waals surface area contributed by atoms with Gasteiger partial charge in [0.25, 0.3) is 11.8 Å². The van der Waals surface area contributed by atoms with Crippen molar-refractivity contribution < 1.29 is 19.1 Å². The average molecular weight is 496 g/mol. The van der Waals surface area contributed by atoms with Crippen molar-refractivity contribution in [1.29, 1.82) is 0 Å². The summed E-state index contributed by atoms with van der Waals surface area (Å²) in [6.07, 6.45) is 7.13. The summed E-state index contributed by atoms with van der Waals surface area (Å²) in [7, 11) is 0. The number of hydrogen-bond donors (Lipinski definition) is 1. The molecule has 0 saturated heterocycles. The lowest BCUT2D eigenvalue weighted by Crippen LogP contribution is -2.38. The number of ether oxygens (including phenoxy) is 1. The molecule has 0 spiro atoms. The molecule has 1 aromatic carbocycles. The number of carbonyl (C=O) groups is 3. The van der Waals surface area contributed by atoms with Crippen LogP contribution in [0.5, 0.6) is 0 Å². The van der Waals surface area contributed by atoms with Crippen LogP contribution in [-0.2, 0) is 25.5 Å². The van der Waals surface area contributed by atoms with E-state index in [2.05, 4.69) is 15.3 Å². The van der Waals surface area contributed by atoms with Gasteiger partial charge in [-0.15, -0.1) is 0 Å². The monoisotopic (exact) mass is 495 g/mol. The molecule has 6 rings (SSSR count). The molecule has 186 valence electrons. The van der Waals surface area contributed by atoms with Gasteiger partial charge in [0, 0.05) is 30.6 Å². The van der Waals surface area contributed by atoms with Crippen molar-refractivity contribution in [2.24, 2.45) is 10.4 Å². The highest BCUT2D eigenvalue weighted by Gasteiger charge is 2.41. The summed E-state index contributed by atoms with van der Waals surface area (Å²) >= 11 is 0. The Kier molecular flexibility index (Phi) is 5.11. The lowest BCUT2D eigenvalue weighted by molar-refractivity contribution is -0.147. The molecule has 37 heavy (non-hydrogen) atoms. The number of nitrogens with zero attached hydrogens (tertiary/aromatic N) is 4. The number of aliphatic imine (C=N–C) groups is 1. The van der Waals surface area contributed by atoms with Crippen molar-refractivity contribution in [3.8, 4) is 0 Å². The molecule has 0 radical (unpaired) electrons. The molecule has 2 aromatic heterocycles. The third-order valence-electron chi connectivity index (χ3n) is 6.57. The first-order valence-electron chi connectivity index (χ1n) is 12.1. The molecule has 0 saturated carbocycles. The van der Waals surface area contributed by atoms with Gasteiger partial charge in [0.2, 0.25) is 0 Å². The van der Waals surface area contributed by atoms with E-state index in [9.17, 15) is 14.4 Å². The quantitative estimate of drug-likeness (QED) is 0.441. The number of esters is 1. The van der Waals surface area contributed by atoms with Crippen LogP contribution in [0, 0.1) is 5.41 Å². The van der Waals surface area contributed by atoms with Gasteiger partial charge in [-0.2, -0.15) is 0 Å². The van der Waals surface area contributed by atoms with Crippen molar-refractivity contribution in [3.63, 3.8) is 0 Å². The van der Waals surface area contributed by atoms with Gasteiger partial charge in [-0.1, -0.05) is 45.0 Å². The van der Waals surface area contributed by atoms with Gasteiger partial charge >= 0.3 is 5.97 Å². The maximum absolute atomic E-state index is 13.2. The highest BCUT2D eigenvalue weighted by molar-refractivity contribution is 6.47. The van der Waals surface area contributed by atoms with Crippen LogP contribution in [0.4, 0.5) is 5.69 Å². The molecule has 1 unspecified atom stereocenters. The number of imidazole rings is 1. The molecule has 3 aliphatic heterocycles. The van der Waals surface area contributed by atoms with Crippen molar-refractivity contribution in [2.75, 3.05) is 11.5 Å². The molecule has 3 aromatic rings. The average Bonchev–Trinajstić information content (AvgIpc) is 3.48. The first kappa shape index (κ1) is 22.9. The molecule has 0 fully saturated rings. The summed E-state index contributed by atoms with van der Waals surface area (Å²) < 4.78 is 7.41. The third-order valence-corrected chi connectivity index (χ3v) is 6.57. The topological polar surface area (TPSA) is 105 Å². The van der Waals surface area contributed by atoms with Crippen LogP contribution in [0.25, 0.3) is 11.2 Å². The minimum Gasteiger partial charge on any atom is -0.464 e. The first-order chi connectivity index (χ1) is 17.7. The molecule has 2 amide bonds. The van der Waals surface area contributed by atoms with E-state index in [1.807, 2.05) is 62.1 Å². The van der Waals surface area contributed by atoms with E-state index < -0.39 is 17.9 Å². The van der Waals surface area contributed by atoms with E-state index >= 15 is 0 Å². The van der Waals surface area contributed by atoms with Crippen molar-refractivity contribution in [1.82, 2.24) is 14.7 Å². The highest BCUT2D eigenvalue weighted by Crippen LogP contribution is 2.40. The van der Waals surface area contributed by atoms with E-state index in [4.69, 9.17) is 4.74 Å². The molecule has 1 N–H and O–H groups in total. The Morgan fingerprint density at radius 1 is 1.11 bits per heavy atom. The predicted octanol–water partition coefficient (Wildman–Crippen LogP) is 3.04. The Balaban J connectivity index is 1.46. The molecular weight excluding hydrogens is 470 g/mol. The lowest BCUT2D eigenvalue weighted by atomic mass is 9.94. The van der Waals surface area contributed by atoms with Crippen LogP contribution in [0.1, 0.15) is 37.6 Å². The standard InChI is InChI=1S/C28H25N5O4/c1-28(2,3)15-37-27(36)18-13-16-7-6-8-17-23(29-10-12-33(18)24(16)17)22-21(25(34)31-26(22)35)19-14-30-20-9-4-5-11-32(19)20/h4-12,14,18H,13,15H2,1-3H3,(H,31,34,35). The minimum absolute atomic E-state index is 0.153. The van der Waals surface area contributed by atoms with Crippen molar-refractivity contribution >= 4 is 40.4 Å². The summed E-state index contributed by atoms with van der Waals surface area (Å²) in [5, 5.41) is 2.43. The number of carbonyl (C=O) groups excluding carboxylic acids is 3. The number of benzene rings is 1. The van der Waals surface area contributed by atoms with Crippen LogP contribution in [0.2, 0.25) is 0 Å². The molecule has 9 nitrogen and oxygen atoms in total. The van der Waals surface area contributed by atoms with E-state index in [0.717, 1.165) is 11.3 Å². The summed E-state index contributed by atoms with van der Waals surface area (Å²) in [5.74, 6) is -1.34. The van der Waals surface area contributed by atoms with Crippen molar-refractivity contribution in [3.05, 3.63) is 83.6 Å². The Morgan fingerprint density at radius 3 is 2.73 bits per heavy atom. The second-order valence-electron chi connectivity index (χ2n) is 10.5. The number of para-hydroxylation sites is 1. The summed E-state index contributed by atoms with van der Waals surface area (Å²) in [6, 6.07) is 10.7. The summed E-state index contributed by atoms with van der Waals surface area (Å²) in [5.41, 5.74) is 4.14. The number of fused-ring (bicyclic) bond motifs is 1. The largest absolute Gasteiger partial charge is 0.464 e. The zero-order chi connectivity index (χ0) is 25.9. The number of pyridine rings is 1.